The third kappa shape index (κ3) is 4.99. The molecule has 0 radical (unpaired) electrons. The molecule has 1 rings (SSSR count). The van der Waals surface area contributed by atoms with Crippen LogP contribution < -0.4 is 10.6 Å². The lowest BCUT2D eigenvalue weighted by atomic mass is 10.2. The SMILES string of the molecule is CCCCNC(=O)CNCc1cn(C)nc1C. The molecule has 0 bridgehead atoms. The van der Waals surface area contributed by atoms with Gasteiger partial charge in [0.1, 0.15) is 0 Å². The van der Waals surface area contributed by atoms with E-state index in [1.807, 2.05) is 20.2 Å². The average molecular weight is 238 g/mol. The van der Waals surface area contributed by atoms with Crippen LogP contribution in [0.2, 0.25) is 0 Å². The summed E-state index contributed by atoms with van der Waals surface area (Å²) < 4.78 is 1.79. The molecule has 0 fully saturated rings. The van der Waals surface area contributed by atoms with E-state index in [4.69, 9.17) is 0 Å². The molecular weight excluding hydrogens is 216 g/mol. The second-order valence-corrected chi connectivity index (χ2v) is 4.22. The summed E-state index contributed by atoms with van der Waals surface area (Å²) in [7, 11) is 1.90. The molecule has 2 N–H and O–H groups in total. The summed E-state index contributed by atoms with van der Waals surface area (Å²) in [4.78, 5) is 11.4. The van der Waals surface area contributed by atoms with Crippen molar-refractivity contribution in [2.75, 3.05) is 13.1 Å². The first kappa shape index (κ1) is 13.7. The van der Waals surface area contributed by atoms with Crippen LogP contribution in [-0.4, -0.2) is 28.8 Å². The molecule has 96 valence electrons. The summed E-state index contributed by atoms with van der Waals surface area (Å²) in [6.07, 6.45) is 4.10. The van der Waals surface area contributed by atoms with Crippen molar-refractivity contribution < 1.29 is 4.79 Å². The second kappa shape index (κ2) is 7.06. The highest BCUT2D eigenvalue weighted by atomic mass is 16.1. The molecule has 0 spiro atoms. The first-order valence-corrected chi connectivity index (χ1v) is 6.10. The van der Waals surface area contributed by atoms with Crippen molar-refractivity contribution in [2.45, 2.75) is 33.2 Å². The molecular formula is C12H22N4O. The largest absolute Gasteiger partial charge is 0.355 e. The van der Waals surface area contributed by atoms with Gasteiger partial charge in [-0.05, 0) is 13.3 Å². The number of nitrogens with zero attached hydrogens (tertiary/aromatic N) is 2. The lowest BCUT2D eigenvalue weighted by Gasteiger charge is -2.05. The number of nitrogens with one attached hydrogen (secondary N) is 2. The van der Waals surface area contributed by atoms with E-state index in [0.29, 0.717) is 13.1 Å². The number of amides is 1. The van der Waals surface area contributed by atoms with Crippen LogP contribution >= 0.6 is 0 Å². The van der Waals surface area contributed by atoms with Crippen LogP contribution in [0.5, 0.6) is 0 Å². The molecule has 0 aliphatic carbocycles. The van der Waals surface area contributed by atoms with Crippen molar-refractivity contribution in [1.82, 2.24) is 20.4 Å². The predicted molar refractivity (Wildman–Crippen MR) is 67.6 cm³/mol. The first-order valence-electron chi connectivity index (χ1n) is 6.10. The Balaban J connectivity index is 2.19. The monoisotopic (exact) mass is 238 g/mol. The van der Waals surface area contributed by atoms with Crippen molar-refractivity contribution in [2.24, 2.45) is 7.05 Å². The van der Waals surface area contributed by atoms with Gasteiger partial charge in [-0.15, -0.1) is 0 Å². The molecule has 5 heteroatoms. The Morgan fingerprint density at radius 3 is 2.88 bits per heavy atom. The molecule has 0 unspecified atom stereocenters. The Morgan fingerprint density at radius 1 is 1.53 bits per heavy atom. The van der Waals surface area contributed by atoms with Gasteiger partial charge < -0.3 is 10.6 Å². The Bertz CT molecular complexity index is 359. The maximum absolute atomic E-state index is 11.4. The average Bonchev–Trinajstić information content (AvgIpc) is 2.58. The van der Waals surface area contributed by atoms with Gasteiger partial charge in [-0.1, -0.05) is 13.3 Å². The van der Waals surface area contributed by atoms with Gasteiger partial charge >= 0.3 is 0 Å². The van der Waals surface area contributed by atoms with E-state index < -0.39 is 0 Å². The molecule has 0 atom stereocenters. The number of carbonyl (C=O) groups is 1. The second-order valence-electron chi connectivity index (χ2n) is 4.22. The Labute approximate surface area is 103 Å². The Kier molecular flexibility index (Phi) is 5.69. The zero-order valence-electron chi connectivity index (χ0n) is 10.9. The maximum Gasteiger partial charge on any atom is 0.233 e. The minimum absolute atomic E-state index is 0.0555. The Hall–Kier alpha value is -1.36. The molecule has 0 aliphatic rings. The smallest absolute Gasteiger partial charge is 0.233 e. The van der Waals surface area contributed by atoms with Crippen molar-refractivity contribution >= 4 is 5.91 Å². The standard InChI is InChI=1S/C12H22N4O/c1-4-5-6-14-12(17)8-13-7-11-9-16(3)15-10(11)2/h9,13H,4-8H2,1-3H3,(H,14,17). The summed E-state index contributed by atoms with van der Waals surface area (Å²) >= 11 is 0. The van der Waals surface area contributed by atoms with Crippen LogP contribution in [0.15, 0.2) is 6.20 Å². The van der Waals surface area contributed by atoms with E-state index in [2.05, 4.69) is 22.7 Å². The van der Waals surface area contributed by atoms with Crippen molar-refractivity contribution in [1.29, 1.82) is 0 Å². The maximum atomic E-state index is 11.4. The lowest BCUT2D eigenvalue weighted by Crippen LogP contribution is -2.34. The quantitative estimate of drug-likeness (QED) is 0.689. The molecule has 1 heterocycles. The van der Waals surface area contributed by atoms with E-state index in [-0.39, 0.29) is 5.91 Å². The fourth-order valence-electron chi connectivity index (χ4n) is 1.60. The van der Waals surface area contributed by atoms with Gasteiger partial charge in [-0.3, -0.25) is 9.48 Å². The third-order valence-electron chi connectivity index (χ3n) is 2.57. The molecule has 0 saturated carbocycles. The van der Waals surface area contributed by atoms with Crippen molar-refractivity contribution in [3.63, 3.8) is 0 Å². The number of aromatic nitrogens is 2. The summed E-state index contributed by atoms with van der Waals surface area (Å²) in [6, 6.07) is 0. The van der Waals surface area contributed by atoms with Crippen LogP contribution in [0.1, 0.15) is 31.0 Å². The molecule has 1 amide bonds. The van der Waals surface area contributed by atoms with Gasteiger partial charge in [0, 0.05) is 31.9 Å². The lowest BCUT2D eigenvalue weighted by molar-refractivity contribution is -0.120. The molecule has 0 saturated heterocycles. The van der Waals surface area contributed by atoms with Crippen LogP contribution in [0.25, 0.3) is 0 Å². The van der Waals surface area contributed by atoms with E-state index in [0.717, 1.165) is 30.6 Å². The minimum atomic E-state index is 0.0555. The zero-order chi connectivity index (χ0) is 12.7. The van der Waals surface area contributed by atoms with Gasteiger partial charge in [0.2, 0.25) is 5.91 Å². The van der Waals surface area contributed by atoms with Gasteiger partial charge in [0.15, 0.2) is 0 Å². The van der Waals surface area contributed by atoms with Gasteiger partial charge in [0.05, 0.1) is 12.2 Å². The van der Waals surface area contributed by atoms with Crippen molar-refractivity contribution in [3.8, 4) is 0 Å². The fraction of sp³-hybridized carbons (Fsp3) is 0.667. The third-order valence-corrected chi connectivity index (χ3v) is 2.57. The van der Waals surface area contributed by atoms with Crippen LogP contribution in [0, 0.1) is 6.92 Å². The number of hydrogen-bond acceptors (Lipinski definition) is 3. The highest BCUT2D eigenvalue weighted by molar-refractivity contribution is 5.77. The number of rotatable bonds is 7. The topological polar surface area (TPSA) is 59.0 Å². The van der Waals surface area contributed by atoms with Crippen LogP contribution in [-0.2, 0) is 18.4 Å². The number of unbranched alkanes of at least 4 members (excludes halogenated alkanes) is 1. The van der Waals surface area contributed by atoms with Crippen molar-refractivity contribution in [3.05, 3.63) is 17.5 Å². The van der Waals surface area contributed by atoms with Crippen LogP contribution in [0.4, 0.5) is 0 Å². The fourth-order valence-corrected chi connectivity index (χ4v) is 1.60. The molecule has 1 aromatic rings. The summed E-state index contributed by atoms with van der Waals surface area (Å²) in [5, 5.41) is 10.2. The van der Waals surface area contributed by atoms with Gasteiger partial charge in [-0.2, -0.15) is 5.10 Å². The number of aryl methyl sites for hydroxylation is 2. The highest BCUT2D eigenvalue weighted by Crippen LogP contribution is 2.03. The van der Waals surface area contributed by atoms with E-state index in [1.54, 1.807) is 4.68 Å². The molecule has 0 aliphatic heterocycles. The molecule has 17 heavy (non-hydrogen) atoms. The highest BCUT2D eigenvalue weighted by Gasteiger charge is 2.04. The minimum Gasteiger partial charge on any atom is -0.355 e. The summed E-state index contributed by atoms with van der Waals surface area (Å²) in [6.45, 7) is 5.88. The molecule has 5 nitrogen and oxygen atoms in total. The van der Waals surface area contributed by atoms with Gasteiger partial charge in [-0.25, -0.2) is 0 Å². The summed E-state index contributed by atoms with van der Waals surface area (Å²) in [5.41, 5.74) is 2.14. The normalized spacial score (nSPS) is 10.5. The van der Waals surface area contributed by atoms with Crippen LogP contribution in [0.3, 0.4) is 0 Å². The number of carbonyl (C=O) groups excluding carboxylic acids is 1. The Morgan fingerprint density at radius 2 is 2.29 bits per heavy atom. The molecule has 1 aromatic heterocycles. The van der Waals surface area contributed by atoms with E-state index in [9.17, 15) is 4.79 Å². The van der Waals surface area contributed by atoms with E-state index >= 15 is 0 Å². The van der Waals surface area contributed by atoms with E-state index in [1.165, 1.54) is 0 Å². The zero-order valence-corrected chi connectivity index (χ0v) is 10.9. The predicted octanol–water partition coefficient (Wildman–Crippen LogP) is 0.734. The molecule has 0 aromatic carbocycles. The summed E-state index contributed by atoms with van der Waals surface area (Å²) in [5.74, 6) is 0.0555. The first-order chi connectivity index (χ1) is 8.13. The van der Waals surface area contributed by atoms with Gasteiger partial charge in [0.25, 0.3) is 0 Å². The number of hydrogen-bond donors (Lipinski definition) is 2.